The van der Waals surface area contributed by atoms with E-state index < -0.39 is 5.91 Å². The van der Waals surface area contributed by atoms with Crippen LogP contribution in [0, 0.1) is 5.82 Å². The second-order valence-electron chi connectivity index (χ2n) is 5.07. The van der Waals surface area contributed by atoms with Gasteiger partial charge in [0.15, 0.2) is 5.82 Å². The molecule has 1 heterocycles. The maximum atomic E-state index is 13.0. The van der Waals surface area contributed by atoms with E-state index in [1.165, 1.54) is 26.4 Å². The predicted octanol–water partition coefficient (Wildman–Crippen LogP) is 2.88. The normalized spacial score (nSPS) is 10.4. The minimum absolute atomic E-state index is 0.103. The summed E-state index contributed by atoms with van der Waals surface area (Å²) in [5, 5.41) is 9.22. The lowest BCUT2D eigenvalue weighted by atomic mass is 10.2. The van der Waals surface area contributed by atoms with Crippen molar-refractivity contribution >= 4 is 11.9 Å². The molecule has 128 valence electrons. The molecule has 1 amide bonds. The highest BCUT2D eigenvalue weighted by Crippen LogP contribution is 2.23. The van der Waals surface area contributed by atoms with Crippen LogP contribution < -0.4 is 14.8 Å². The van der Waals surface area contributed by atoms with Gasteiger partial charge in [-0.3, -0.25) is 15.2 Å². The number of anilines is 1. The van der Waals surface area contributed by atoms with E-state index in [0.29, 0.717) is 28.5 Å². The van der Waals surface area contributed by atoms with Crippen LogP contribution in [0.2, 0.25) is 0 Å². The molecule has 0 bridgehead atoms. The number of aromatic nitrogens is 3. The standard InChI is InChI=1S/C17H15FN4O3/c1-24-13-7-11(8-14(9-13)25-2)16(23)20-17-19-15(21-22-17)10-3-5-12(18)6-4-10/h3-9H,1-2H3,(H2,19,20,21,22,23). The monoisotopic (exact) mass is 342 g/mol. The van der Waals surface area contributed by atoms with E-state index in [9.17, 15) is 9.18 Å². The summed E-state index contributed by atoms with van der Waals surface area (Å²) in [6.45, 7) is 0. The van der Waals surface area contributed by atoms with E-state index in [2.05, 4.69) is 20.5 Å². The SMILES string of the molecule is COc1cc(OC)cc(C(=O)Nc2n[nH]c(-c3ccc(F)cc3)n2)c1. The molecule has 0 radical (unpaired) electrons. The summed E-state index contributed by atoms with van der Waals surface area (Å²) in [4.78, 5) is 16.6. The Bertz CT molecular complexity index is 871. The Balaban J connectivity index is 1.79. The van der Waals surface area contributed by atoms with Gasteiger partial charge >= 0.3 is 0 Å². The lowest BCUT2D eigenvalue weighted by Gasteiger charge is -2.07. The first-order valence-corrected chi connectivity index (χ1v) is 7.32. The number of rotatable bonds is 5. The number of amides is 1. The molecule has 3 rings (SSSR count). The summed E-state index contributed by atoms with van der Waals surface area (Å²) in [6.07, 6.45) is 0. The van der Waals surface area contributed by atoms with Crippen LogP contribution in [0.5, 0.6) is 11.5 Å². The molecule has 0 aliphatic rings. The first-order chi connectivity index (χ1) is 12.1. The van der Waals surface area contributed by atoms with Crippen LogP contribution in [-0.2, 0) is 0 Å². The van der Waals surface area contributed by atoms with Gasteiger partial charge in [-0.1, -0.05) is 0 Å². The molecule has 0 atom stereocenters. The number of methoxy groups -OCH3 is 2. The number of halogens is 1. The van der Waals surface area contributed by atoms with Gasteiger partial charge in [-0.2, -0.15) is 4.98 Å². The van der Waals surface area contributed by atoms with E-state index in [1.54, 1.807) is 30.3 Å². The molecule has 0 saturated heterocycles. The highest BCUT2D eigenvalue weighted by Gasteiger charge is 2.13. The van der Waals surface area contributed by atoms with E-state index >= 15 is 0 Å². The Labute approximate surface area is 142 Å². The molecule has 3 aromatic rings. The molecule has 0 unspecified atom stereocenters. The van der Waals surface area contributed by atoms with Gasteiger partial charge in [-0.15, -0.1) is 5.10 Å². The van der Waals surface area contributed by atoms with Crippen LogP contribution in [0.25, 0.3) is 11.4 Å². The van der Waals surface area contributed by atoms with Crippen molar-refractivity contribution in [3.8, 4) is 22.9 Å². The maximum absolute atomic E-state index is 13.0. The van der Waals surface area contributed by atoms with Gasteiger partial charge in [0.05, 0.1) is 14.2 Å². The Morgan fingerprint density at radius 2 is 1.72 bits per heavy atom. The molecule has 0 saturated carbocycles. The van der Waals surface area contributed by atoms with Gasteiger partial charge in [-0.25, -0.2) is 4.39 Å². The smallest absolute Gasteiger partial charge is 0.258 e. The van der Waals surface area contributed by atoms with Crippen LogP contribution in [0.15, 0.2) is 42.5 Å². The molecule has 1 aromatic heterocycles. The molecule has 7 nitrogen and oxygen atoms in total. The Hall–Kier alpha value is -3.42. The molecule has 0 spiro atoms. The van der Waals surface area contributed by atoms with E-state index in [0.717, 1.165) is 0 Å². The first kappa shape index (κ1) is 16.4. The average molecular weight is 342 g/mol. The fourth-order valence-corrected chi connectivity index (χ4v) is 2.17. The van der Waals surface area contributed by atoms with Gasteiger partial charge in [-0.05, 0) is 36.4 Å². The summed E-state index contributed by atoms with van der Waals surface area (Å²) in [5.41, 5.74) is 0.988. The summed E-state index contributed by atoms with van der Waals surface area (Å²) in [5.74, 6) is 0.744. The zero-order chi connectivity index (χ0) is 17.8. The number of H-pyrrole nitrogens is 1. The molecular weight excluding hydrogens is 327 g/mol. The molecule has 2 N–H and O–H groups in total. The number of aromatic amines is 1. The number of nitrogens with zero attached hydrogens (tertiary/aromatic N) is 2. The third-order valence-electron chi connectivity index (χ3n) is 3.44. The fourth-order valence-electron chi connectivity index (χ4n) is 2.17. The zero-order valence-electron chi connectivity index (χ0n) is 13.5. The van der Waals surface area contributed by atoms with E-state index in [4.69, 9.17) is 9.47 Å². The van der Waals surface area contributed by atoms with Crippen molar-refractivity contribution < 1.29 is 18.7 Å². The molecule has 0 aliphatic heterocycles. The van der Waals surface area contributed by atoms with Gasteiger partial charge < -0.3 is 9.47 Å². The van der Waals surface area contributed by atoms with Gasteiger partial charge in [0.25, 0.3) is 5.91 Å². The summed E-state index contributed by atoms with van der Waals surface area (Å²) in [6, 6.07) is 10.6. The fraction of sp³-hybridized carbons (Fsp3) is 0.118. The van der Waals surface area contributed by atoms with Crippen molar-refractivity contribution in [2.24, 2.45) is 0 Å². The molecule has 2 aromatic carbocycles. The van der Waals surface area contributed by atoms with Gasteiger partial charge in [0.1, 0.15) is 17.3 Å². The van der Waals surface area contributed by atoms with Crippen molar-refractivity contribution in [3.63, 3.8) is 0 Å². The third-order valence-corrected chi connectivity index (χ3v) is 3.44. The van der Waals surface area contributed by atoms with Crippen molar-refractivity contribution in [2.75, 3.05) is 19.5 Å². The van der Waals surface area contributed by atoms with Crippen LogP contribution in [-0.4, -0.2) is 35.3 Å². The summed E-state index contributed by atoms with van der Waals surface area (Å²) >= 11 is 0. The maximum Gasteiger partial charge on any atom is 0.258 e. The summed E-state index contributed by atoms with van der Waals surface area (Å²) < 4.78 is 23.2. The third kappa shape index (κ3) is 3.74. The number of nitrogens with one attached hydrogen (secondary N) is 2. The van der Waals surface area contributed by atoms with Crippen molar-refractivity contribution in [2.45, 2.75) is 0 Å². The van der Waals surface area contributed by atoms with Crippen LogP contribution in [0.3, 0.4) is 0 Å². The second kappa shape index (κ2) is 7.00. The Morgan fingerprint density at radius 1 is 1.08 bits per heavy atom. The van der Waals surface area contributed by atoms with Crippen molar-refractivity contribution in [1.82, 2.24) is 15.2 Å². The quantitative estimate of drug-likeness (QED) is 0.744. The first-order valence-electron chi connectivity index (χ1n) is 7.32. The Kier molecular flexibility index (Phi) is 4.60. The Morgan fingerprint density at radius 3 is 2.32 bits per heavy atom. The number of benzene rings is 2. The molecule has 8 heteroatoms. The lowest BCUT2D eigenvalue weighted by molar-refractivity contribution is 0.102. The van der Waals surface area contributed by atoms with Crippen LogP contribution >= 0.6 is 0 Å². The number of hydrogen-bond donors (Lipinski definition) is 2. The van der Waals surface area contributed by atoms with E-state index in [1.807, 2.05) is 0 Å². The van der Waals surface area contributed by atoms with Crippen LogP contribution in [0.4, 0.5) is 10.3 Å². The van der Waals surface area contributed by atoms with E-state index in [-0.39, 0.29) is 11.8 Å². The predicted molar refractivity (Wildman–Crippen MR) is 89.3 cm³/mol. The highest BCUT2D eigenvalue weighted by molar-refractivity contribution is 6.04. The minimum Gasteiger partial charge on any atom is -0.497 e. The molecule has 25 heavy (non-hydrogen) atoms. The van der Waals surface area contributed by atoms with Gasteiger partial charge in [0, 0.05) is 17.2 Å². The molecule has 0 fully saturated rings. The van der Waals surface area contributed by atoms with Crippen LogP contribution in [0.1, 0.15) is 10.4 Å². The van der Waals surface area contributed by atoms with Crippen molar-refractivity contribution in [1.29, 1.82) is 0 Å². The molecule has 0 aliphatic carbocycles. The molecular formula is C17H15FN4O3. The van der Waals surface area contributed by atoms with Gasteiger partial charge in [0.2, 0.25) is 5.95 Å². The lowest BCUT2D eigenvalue weighted by Crippen LogP contribution is -2.13. The van der Waals surface area contributed by atoms with Crippen molar-refractivity contribution in [3.05, 3.63) is 53.8 Å². The summed E-state index contributed by atoms with van der Waals surface area (Å²) in [7, 11) is 3.00. The largest absolute Gasteiger partial charge is 0.497 e. The number of carbonyl (C=O) groups is 1. The average Bonchev–Trinajstić information content (AvgIpc) is 3.10. The number of ether oxygens (including phenoxy) is 2. The zero-order valence-corrected chi connectivity index (χ0v) is 13.5. The topological polar surface area (TPSA) is 89.1 Å². The highest BCUT2D eigenvalue weighted by atomic mass is 19.1. The second-order valence-corrected chi connectivity index (χ2v) is 5.07. The number of carbonyl (C=O) groups excluding carboxylic acids is 1. The number of hydrogen-bond acceptors (Lipinski definition) is 5. The minimum atomic E-state index is -0.415.